The molecular weight excluding hydrogens is 274 g/mol. The maximum atomic E-state index is 10.6. The molecule has 88 valence electrons. The van der Waals surface area contributed by atoms with Crippen LogP contribution >= 0.6 is 15.9 Å². The quantitative estimate of drug-likeness (QED) is 0.885. The summed E-state index contributed by atoms with van der Waals surface area (Å²) in [6, 6.07) is 2.81. The summed E-state index contributed by atoms with van der Waals surface area (Å²) in [5, 5.41) is 8.73. The second-order valence-corrected chi connectivity index (χ2v) is 4.37. The normalized spacial score (nSPS) is 12.2. The molecular formula is C11H14BrNO3. The molecule has 0 saturated heterocycles. The third-order valence-corrected chi connectivity index (χ3v) is 3.29. The van der Waals surface area contributed by atoms with Gasteiger partial charge >= 0.3 is 5.97 Å². The molecule has 0 aliphatic rings. The Kier molecular flexibility index (Phi) is 4.32. The van der Waals surface area contributed by atoms with Gasteiger partial charge in [0.15, 0.2) is 0 Å². The van der Waals surface area contributed by atoms with Crippen LogP contribution in [0.15, 0.2) is 16.6 Å². The van der Waals surface area contributed by atoms with Gasteiger partial charge in [-0.05, 0) is 46.5 Å². The van der Waals surface area contributed by atoms with Gasteiger partial charge in [0.25, 0.3) is 0 Å². The van der Waals surface area contributed by atoms with E-state index in [0.717, 1.165) is 15.6 Å². The lowest BCUT2D eigenvalue weighted by atomic mass is 10.0. The Morgan fingerprint density at radius 3 is 2.75 bits per heavy atom. The Balaban J connectivity index is 2.98. The number of benzene rings is 1. The van der Waals surface area contributed by atoms with Crippen molar-refractivity contribution in [2.75, 3.05) is 7.11 Å². The zero-order valence-electron chi connectivity index (χ0n) is 9.16. The fourth-order valence-corrected chi connectivity index (χ4v) is 1.81. The minimum Gasteiger partial charge on any atom is -0.496 e. The van der Waals surface area contributed by atoms with Gasteiger partial charge in [0, 0.05) is 0 Å². The maximum absolute atomic E-state index is 10.6. The van der Waals surface area contributed by atoms with Gasteiger partial charge in [0.1, 0.15) is 11.8 Å². The van der Waals surface area contributed by atoms with Crippen LogP contribution in [0.2, 0.25) is 0 Å². The van der Waals surface area contributed by atoms with Crippen molar-refractivity contribution in [3.05, 3.63) is 27.7 Å². The molecule has 1 aromatic carbocycles. The van der Waals surface area contributed by atoms with E-state index in [1.54, 1.807) is 13.2 Å². The minimum absolute atomic E-state index is 0.291. The molecule has 0 aliphatic carbocycles. The van der Waals surface area contributed by atoms with E-state index in [-0.39, 0.29) is 0 Å². The summed E-state index contributed by atoms with van der Waals surface area (Å²) in [4.78, 5) is 10.6. The van der Waals surface area contributed by atoms with Crippen molar-refractivity contribution in [2.45, 2.75) is 19.4 Å². The summed E-state index contributed by atoms with van der Waals surface area (Å²) in [6.45, 7) is 1.92. The van der Waals surface area contributed by atoms with E-state index < -0.39 is 12.0 Å². The van der Waals surface area contributed by atoms with Gasteiger partial charge in [-0.1, -0.05) is 6.07 Å². The number of rotatable bonds is 4. The second-order valence-electron chi connectivity index (χ2n) is 3.58. The lowest BCUT2D eigenvalue weighted by Gasteiger charge is -2.11. The predicted molar refractivity (Wildman–Crippen MR) is 64.7 cm³/mol. The minimum atomic E-state index is -1.00. The molecule has 5 heteroatoms. The van der Waals surface area contributed by atoms with E-state index in [1.165, 1.54) is 0 Å². The highest BCUT2D eigenvalue weighted by molar-refractivity contribution is 9.10. The van der Waals surface area contributed by atoms with Crippen LogP contribution in [-0.4, -0.2) is 24.2 Å². The molecule has 0 aromatic heterocycles. The molecule has 0 saturated carbocycles. The smallest absolute Gasteiger partial charge is 0.320 e. The van der Waals surface area contributed by atoms with Crippen molar-refractivity contribution < 1.29 is 14.6 Å². The van der Waals surface area contributed by atoms with Crippen molar-refractivity contribution in [1.29, 1.82) is 0 Å². The van der Waals surface area contributed by atoms with E-state index in [9.17, 15) is 4.79 Å². The number of carbonyl (C=O) groups is 1. The van der Waals surface area contributed by atoms with Crippen molar-refractivity contribution in [2.24, 2.45) is 5.73 Å². The zero-order valence-corrected chi connectivity index (χ0v) is 10.7. The van der Waals surface area contributed by atoms with Gasteiger partial charge in [-0.3, -0.25) is 4.79 Å². The summed E-state index contributed by atoms with van der Waals surface area (Å²) in [5.74, 6) is -0.313. The van der Waals surface area contributed by atoms with Crippen molar-refractivity contribution >= 4 is 21.9 Å². The number of hydrogen-bond donors (Lipinski definition) is 2. The summed E-state index contributed by atoms with van der Waals surface area (Å²) in [6.07, 6.45) is 0.291. The van der Waals surface area contributed by atoms with E-state index in [4.69, 9.17) is 15.6 Å². The van der Waals surface area contributed by atoms with E-state index in [1.807, 2.05) is 13.0 Å². The van der Waals surface area contributed by atoms with E-state index >= 15 is 0 Å². The molecule has 0 amide bonds. The van der Waals surface area contributed by atoms with Crippen LogP contribution in [0.1, 0.15) is 11.1 Å². The Labute approximate surface area is 103 Å². The fraction of sp³-hybridized carbons (Fsp3) is 0.364. The number of halogens is 1. The zero-order chi connectivity index (χ0) is 12.3. The lowest BCUT2D eigenvalue weighted by molar-refractivity contribution is -0.138. The van der Waals surface area contributed by atoms with Gasteiger partial charge < -0.3 is 15.6 Å². The van der Waals surface area contributed by atoms with Crippen LogP contribution in [0, 0.1) is 6.92 Å². The van der Waals surface area contributed by atoms with E-state index in [2.05, 4.69) is 15.9 Å². The number of ether oxygens (including phenoxy) is 1. The highest BCUT2D eigenvalue weighted by Crippen LogP contribution is 2.30. The van der Waals surface area contributed by atoms with Crippen LogP contribution in [0.25, 0.3) is 0 Å². The van der Waals surface area contributed by atoms with Crippen molar-refractivity contribution in [1.82, 2.24) is 0 Å². The Morgan fingerprint density at radius 2 is 2.25 bits per heavy atom. The van der Waals surface area contributed by atoms with Gasteiger partial charge in [0.2, 0.25) is 0 Å². The van der Waals surface area contributed by atoms with E-state index in [0.29, 0.717) is 12.2 Å². The number of aliphatic carboxylic acids is 1. The number of nitrogens with two attached hydrogens (primary N) is 1. The fourth-order valence-electron chi connectivity index (χ4n) is 1.42. The number of hydrogen-bond acceptors (Lipinski definition) is 3. The van der Waals surface area contributed by atoms with Gasteiger partial charge in [-0.2, -0.15) is 0 Å². The molecule has 0 heterocycles. The van der Waals surface area contributed by atoms with Gasteiger partial charge in [-0.25, -0.2) is 0 Å². The summed E-state index contributed by atoms with van der Waals surface area (Å²) >= 11 is 3.40. The summed E-state index contributed by atoms with van der Waals surface area (Å²) < 4.78 is 6.05. The number of carboxylic acid groups (broad SMARTS) is 1. The third-order valence-electron chi connectivity index (χ3n) is 2.27. The average molecular weight is 288 g/mol. The van der Waals surface area contributed by atoms with Crippen molar-refractivity contribution in [3.63, 3.8) is 0 Å². The molecule has 0 spiro atoms. The third kappa shape index (κ3) is 2.96. The summed E-state index contributed by atoms with van der Waals surface area (Å²) in [5.41, 5.74) is 7.32. The molecule has 0 fully saturated rings. The van der Waals surface area contributed by atoms with Gasteiger partial charge in [-0.15, -0.1) is 0 Å². The molecule has 0 aliphatic heterocycles. The monoisotopic (exact) mass is 287 g/mol. The van der Waals surface area contributed by atoms with Crippen molar-refractivity contribution in [3.8, 4) is 5.75 Å². The molecule has 0 radical (unpaired) electrons. The van der Waals surface area contributed by atoms with Crippen LogP contribution in [-0.2, 0) is 11.2 Å². The number of carboxylic acids is 1. The first-order valence-electron chi connectivity index (χ1n) is 4.77. The largest absolute Gasteiger partial charge is 0.496 e. The molecule has 3 N–H and O–H groups in total. The van der Waals surface area contributed by atoms with Crippen LogP contribution in [0.5, 0.6) is 5.75 Å². The topological polar surface area (TPSA) is 72.5 Å². The Bertz CT molecular complexity index is 406. The molecule has 1 atom stereocenters. The maximum Gasteiger partial charge on any atom is 0.320 e. The van der Waals surface area contributed by atoms with Crippen LogP contribution in [0.3, 0.4) is 0 Å². The molecule has 4 nitrogen and oxygen atoms in total. The molecule has 16 heavy (non-hydrogen) atoms. The molecule has 1 aromatic rings. The Morgan fingerprint density at radius 1 is 1.62 bits per heavy atom. The summed E-state index contributed by atoms with van der Waals surface area (Å²) in [7, 11) is 1.57. The SMILES string of the molecule is COc1cc(CC(N)C(=O)O)cc(C)c1Br. The number of aryl methyl sites for hydroxylation is 1. The molecule has 1 rings (SSSR count). The highest BCUT2D eigenvalue weighted by atomic mass is 79.9. The standard InChI is InChI=1S/C11H14BrNO3/c1-6-3-7(4-8(13)11(14)15)5-9(16-2)10(6)12/h3,5,8H,4,13H2,1-2H3,(H,14,15). The Hall–Kier alpha value is -1.07. The molecule has 1 unspecified atom stereocenters. The van der Waals surface area contributed by atoms with Gasteiger partial charge in [0.05, 0.1) is 11.6 Å². The van der Waals surface area contributed by atoms with Crippen LogP contribution in [0.4, 0.5) is 0 Å². The first kappa shape index (κ1) is 13.0. The number of methoxy groups -OCH3 is 1. The highest BCUT2D eigenvalue weighted by Gasteiger charge is 2.14. The predicted octanol–water partition coefficient (Wildman–Crippen LogP) is 1.72. The molecule has 0 bridgehead atoms. The van der Waals surface area contributed by atoms with Crippen LogP contribution < -0.4 is 10.5 Å². The second kappa shape index (κ2) is 5.32. The lowest BCUT2D eigenvalue weighted by Crippen LogP contribution is -2.32. The average Bonchev–Trinajstić information content (AvgIpc) is 2.22. The first-order valence-corrected chi connectivity index (χ1v) is 5.56. The first-order chi connectivity index (χ1) is 7.45.